The molecule has 1 amide bonds. The fraction of sp³-hybridized carbons (Fsp3) is 0.208. The molecule has 0 atom stereocenters. The van der Waals surface area contributed by atoms with Crippen molar-refractivity contribution in [3.05, 3.63) is 95.1 Å². The van der Waals surface area contributed by atoms with Crippen molar-refractivity contribution >= 4 is 5.91 Å². The zero-order chi connectivity index (χ0) is 21.8. The first-order valence-corrected chi connectivity index (χ1v) is 9.99. The average molecular weight is 416 g/mol. The lowest BCUT2D eigenvalue weighted by atomic mass is 10.1. The number of rotatable bonds is 7. The van der Waals surface area contributed by atoms with Crippen molar-refractivity contribution in [1.29, 1.82) is 0 Å². The molecule has 7 heteroatoms. The van der Waals surface area contributed by atoms with Gasteiger partial charge in [-0.15, -0.1) is 0 Å². The molecule has 2 aromatic heterocycles. The van der Waals surface area contributed by atoms with Crippen LogP contribution in [0.2, 0.25) is 0 Å². The minimum absolute atomic E-state index is 0.210. The Kier molecular flexibility index (Phi) is 5.84. The molecule has 0 N–H and O–H groups in total. The highest BCUT2D eigenvalue weighted by Crippen LogP contribution is 2.21. The Morgan fingerprint density at radius 2 is 1.94 bits per heavy atom. The number of amides is 1. The molecule has 0 unspecified atom stereocenters. The summed E-state index contributed by atoms with van der Waals surface area (Å²) in [5.41, 5.74) is 4.39. The van der Waals surface area contributed by atoms with E-state index in [2.05, 4.69) is 10.3 Å². The van der Waals surface area contributed by atoms with E-state index in [4.69, 9.17) is 9.26 Å². The highest BCUT2D eigenvalue weighted by molar-refractivity contribution is 5.92. The second-order valence-corrected chi connectivity index (χ2v) is 7.51. The number of ether oxygens (including phenoxy) is 1. The molecule has 0 spiro atoms. The largest absolute Gasteiger partial charge is 0.485 e. The van der Waals surface area contributed by atoms with Gasteiger partial charge in [-0.05, 0) is 54.8 Å². The van der Waals surface area contributed by atoms with Gasteiger partial charge in [-0.25, -0.2) is 4.68 Å². The van der Waals surface area contributed by atoms with Crippen LogP contribution < -0.4 is 4.74 Å². The Labute approximate surface area is 180 Å². The lowest BCUT2D eigenvalue weighted by Gasteiger charge is -2.16. The van der Waals surface area contributed by atoms with E-state index in [0.717, 1.165) is 28.1 Å². The summed E-state index contributed by atoms with van der Waals surface area (Å²) in [6, 6.07) is 17.4. The molecule has 4 aromatic rings. The van der Waals surface area contributed by atoms with Gasteiger partial charge in [-0.2, -0.15) is 5.10 Å². The molecule has 31 heavy (non-hydrogen) atoms. The third-order valence-corrected chi connectivity index (χ3v) is 4.96. The third kappa shape index (κ3) is 4.83. The van der Waals surface area contributed by atoms with Gasteiger partial charge in [0.2, 0.25) is 0 Å². The van der Waals surface area contributed by atoms with Crippen LogP contribution in [0.5, 0.6) is 5.75 Å². The van der Waals surface area contributed by atoms with Crippen LogP contribution in [0, 0.1) is 13.8 Å². The van der Waals surface area contributed by atoms with Gasteiger partial charge in [0, 0.05) is 32.1 Å². The quantitative estimate of drug-likeness (QED) is 0.448. The monoisotopic (exact) mass is 416 g/mol. The minimum atomic E-state index is -0.210. The molecule has 158 valence electrons. The van der Waals surface area contributed by atoms with Gasteiger partial charge >= 0.3 is 0 Å². The molecule has 0 fully saturated rings. The number of nitrogens with zero attached hydrogens (tertiary/aromatic N) is 4. The maximum Gasteiger partial charge on any atom is 0.276 e. The number of hydrogen-bond donors (Lipinski definition) is 0. The van der Waals surface area contributed by atoms with Crippen LogP contribution in [-0.2, 0) is 13.2 Å². The second-order valence-electron chi connectivity index (χ2n) is 7.51. The molecule has 0 saturated carbocycles. The van der Waals surface area contributed by atoms with E-state index in [1.54, 1.807) is 28.9 Å². The molecule has 0 aliphatic heterocycles. The fourth-order valence-electron chi connectivity index (χ4n) is 3.21. The van der Waals surface area contributed by atoms with Gasteiger partial charge in [0.15, 0.2) is 11.5 Å². The van der Waals surface area contributed by atoms with Crippen molar-refractivity contribution in [3.8, 4) is 11.4 Å². The molecular formula is C24H24N4O3. The molecule has 0 aliphatic rings. The number of carbonyl (C=O) groups excluding carboxylic acids is 1. The molecule has 0 saturated heterocycles. The summed E-state index contributed by atoms with van der Waals surface area (Å²) in [6.07, 6.45) is 3.62. The van der Waals surface area contributed by atoms with E-state index in [1.165, 1.54) is 0 Å². The number of hydrogen-bond acceptors (Lipinski definition) is 5. The topological polar surface area (TPSA) is 73.4 Å². The number of benzene rings is 2. The standard InChI is InChI=1S/C24H24N4O3/c1-17-5-6-18(2)23(13-17)30-16-21-14-22(26-31-21)24(29)27(3)15-19-7-9-20(10-8-19)28-12-4-11-25-28/h4-14H,15-16H2,1-3H3. The first-order valence-electron chi connectivity index (χ1n) is 9.99. The second kappa shape index (κ2) is 8.87. The van der Waals surface area contributed by atoms with Gasteiger partial charge in [0.05, 0.1) is 5.69 Å². The van der Waals surface area contributed by atoms with E-state index in [9.17, 15) is 4.79 Å². The van der Waals surface area contributed by atoms with Gasteiger partial charge < -0.3 is 14.2 Å². The Hall–Kier alpha value is -3.87. The maximum atomic E-state index is 12.7. The van der Waals surface area contributed by atoms with Gasteiger partial charge in [-0.1, -0.05) is 29.4 Å². The average Bonchev–Trinajstić information content (AvgIpc) is 3.47. The molecular weight excluding hydrogens is 392 g/mol. The first kappa shape index (κ1) is 20.4. The van der Waals surface area contributed by atoms with E-state index in [1.807, 2.05) is 68.6 Å². The van der Waals surface area contributed by atoms with E-state index in [0.29, 0.717) is 12.3 Å². The summed E-state index contributed by atoms with van der Waals surface area (Å²) in [6.45, 7) is 4.67. The van der Waals surface area contributed by atoms with Crippen LogP contribution >= 0.6 is 0 Å². The Morgan fingerprint density at radius 3 is 2.68 bits per heavy atom. The molecule has 2 aromatic carbocycles. The minimum Gasteiger partial charge on any atom is -0.485 e. The van der Waals surface area contributed by atoms with E-state index in [-0.39, 0.29) is 18.2 Å². The molecule has 0 aliphatic carbocycles. The first-order chi connectivity index (χ1) is 15.0. The molecule has 7 nitrogen and oxygen atoms in total. The van der Waals surface area contributed by atoms with Crippen molar-refractivity contribution in [3.63, 3.8) is 0 Å². The molecule has 2 heterocycles. The number of carbonyl (C=O) groups is 1. The summed E-state index contributed by atoms with van der Waals surface area (Å²) in [5.74, 6) is 1.08. The summed E-state index contributed by atoms with van der Waals surface area (Å²) in [4.78, 5) is 14.3. The smallest absolute Gasteiger partial charge is 0.276 e. The van der Waals surface area contributed by atoms with Crippen LogP contribution in [0.4, 0.5) is 0 Å². The SMILES string of the molecule is Cc1ccc(C)c(OCc2cc(C(=O)N(C)Cc3ccc(-n4cccn4)cc3)no2)c1. The lowest BCUT2D eigenvalue weighted by Crippen LogP contribution is -2.26. The van der Waals surface area contributed by atoms with Crippen molar-refractivity contribution < 1.29 is 14.1 Å². The van der Waals surface area contributed by atoms with Crippen LogP contribution in [-0.4, -0.2) is 32.8 Å². The van der Waals surface area contributed by atoms with Crippen molar-refractivity contribution in [2.24, 2.45) is 0 Å². The molecule has 4 rings (SSSR count). The molecule has 0 radical (unpaired) electrons. The number of aromatic nitrogens is 3. The van der Waals surface area contributed by atoms with Crippen molar-refractivity contribution in [2.45, 2.75) is 27.0 Å². The zero-order valence-corrected chi connectivity index (χ0v) is 17.8. The Balaban J connectivity index is 1.36. The predicted molar refractivity (Wildman–Crippen MR) is 116 cm³/mol. The summed E-state index contributed by atoms with van der Waals surface area (Å²) < 4.78 is 12.9. The predicted octanol–water partition coefficient (Wildman–Crippen LogP) is 4.33. The van der Waals surface area contributed by atoms with E-state index >= 15 is 0 Å². The fourth-order valence-corrected chi connectivity index (χ4v) is 3.21. The van der Waals surface area contributed by atoms with E-state index < -0.39 is 0 Å². The zero-order valence-electron chi connectivity index (χ0n) is 17.8. The molecule has 0 bridgehead atoms. The van der Waals surface area contributed by atoms with Gasteiger partial charge in [0.1, 0.15) is 12.4 Å². The van der Waals surface area contributed by atoms with Crippen LogP contribution in [0.1, 0.15) is 32.9 Å². The highest BCUT2D eigenvalue weighted by Gasteiger charge is 2.18. The highest BCUT2D eigenvalue weighted by atomic mass is 16.5. The number of aryl methyl sites for hydroxylation is 2. The lowest BCUT2D eigenvalue weighted by molar-refractivity contribution is 0.0774. The summed E-state index contributed by atoms with van der Waals surface area (Å²) in [5, 5.41) is 8.14. The maximum absolute atomic E-state index is 12.7. The summed E-state index contributed by atoms with van der Waals surface area (Å²) >= 11 is 0. The van der Waals surface area contributed by atoms with Gasteiger partial charge in [-0.3, -0.25) is 4.79 Å². The Bertz CT molecular complexity index is 1160. The van der Waals surface area contributed by atoms with Crippen LogP contribution in [0.3, 0.4) is 0 Å². The van der Waals surface area contributed by atoms with Gasteiger partial charge in [0.25, 0.3) is 5.91 Å². The Morgan fingerprint density at radius 1 is 1.13 bits per heavy atom. The van der Waals surface area contributed by atoms with Crippen LogP contribution in [0.15, 0.2) is 71.5 Å². The normalized spacial score (nSPS) is 10.8. The van der Waals surface area contributed by atoms with Crippen LogP contribution in [0.25, 0.3) is 5.69 Å². The summed E-state index contributed by atoms with van der Waals surface area (Å²) in [7, 11) is 1.74. The van der Waals surface area contributed by atoms with Crippen molar-refractivity contribution in [1.82, 2.24) is 19.8 Å². The van der Waals surface area contributed by atoms with Crippen molar-refractivity contribution in [2.75, 3.05) is 7.05 Å². The third-order valence-electron chi connectivity index (χ3n) is 4.96.